The van der Waals surface area contributed by atoms with Gasteiger partial charge in [-0.3, -0.25) is 4.79 Å². The normalized spacial score (nSPS) is 22.3. The average Bonchev–Trinajstić information content (AvgIpc) is 2.54. The smallest absolute Gasteiger partial charge is 0.238 e. The second-order valence-electron chi connectivity index (χ2n) is 6.73. The predicted molar refractivity (Wildman–Crippen MR) is 94.0 cm³/mol. The van der Waals surface area contributed by atoms with Crippen molar-refractivity contribution in [1.82, 2.24) is 10.2 Å². The SMILES string of the molecule is CCN1CCCC(C)(C(=O)NCCc2ccc(S(N)(=O)=O)cc2)C1. The lowest BCUT2D eigenvalue weighted by molar-refractivity contribution is -0.133. The zero-order chi connectivity index (χ0) is 17.8. The van der Waals surface area contributed by atoms with Gasteiger partial charge in [0.05, 0.1) is 10.3 Å². The fraction of sp³-hybridized carbons (Fsp3) is 0.588. The third kappa shape index (κ3) is 4.78. The van der Waals surface area contributed by atoms with Crippen LogP contribution in [-0.4, -0.2) is 45.4 Å². The van der Waals surface area contributed by atoms with Gasteiger partial charge in [-0.2, -0.15) is 0 Å². The lowest BCUT2D eigenvalue weighted by atomic mass is 9.81. The second-order valence-corrected chi connectivity index (χ2v) is 8.29. The van der Waals surface area contributed by atoms with E-state index in [9.17, 15) is 13.2 Å². The van der Waals surface area contributed by atoms with Crippen molar-refractivity contribution in [3.05, 3.63) is 29.8 Å². The first-order valence-corrected chi connectivity index (χ1v) is 9.91. The van der Waals surface area contributed by atoms with Crippen LogP contribution in [0, 0.1) is 5.41 Å². The fourth-order valence-corrected chi connectivity index (χ4v) is 3.69. The number of nitrogens with one attached hydrogen (secondary N) is 1. The van der Waals surface area contributed by atoms with Gasteiger partial charge in [0, 0.05) is 13.1 Å². The van der Waals surface area contributed by atoms with Gasteiger partial charge in [-0.05, 0) is 57.0 Å². The van der Waals surface area contributed by atoms with Crippen molar-refractivity contribution in [2.75, 3.05) is 26.2 Å². The van der Waals surface area contributed by atoms with Crippen LogP contribution in [0.15, 0.2) is 29.2 Å². The number of likely N-dealkylation sites (tertiary alicyclic amines) is 1. The number of nitrogens with zero attached hydrogens (tertiary/aromatic N) is 1. The minimum atomic E-state index is -3.66. The summed E-state index contributed by atoms with van der Waals surface area (Å²) in [5, 5.41) is 8.10. The molecule has 0 aromatic heterocycles. The Morgan fingerprint density at radius 2 is 2.00 bits per heavy atom. The van der Waals surface area contributed by atoms with Crippen LogP contribution in [0.1, 0.15) is 32.3 Å². The molecule has 0 saturated carbocycles. The van der Waals surface area contributed by atoms with Crippen LogP contribution >= 0.6 is 0 Å². The van der Waals surface area contributed by atoms with E-state index in [0.717, 1.165) is 38.0 Å². The van der Waals surface area contributed by atoms with Gasteiger partial charge in [-0.25, -0.2) is 13.6 Å². The van der Waals surface area contributed by atoms with Gasteiger partial charge < -0.3 is 10.2 Å². The van der Waals surface area contributed by atoms with Crippen LogP contribution in [-0.2, 0) is 21.2 Å². The summed E-state index contributed by atoms with van der Waals surface area (Å²) >= 11 is 0. The number of primary sulfonamides is 1. The molecule has 6 nitrogen and oxygen atoms in total. The number of benzene rings is 1. The maximum atomic E-state index is 12.5. The summed E-state index contributed by atoms with van der Waals surface area (Å²) in [4.78, 5) is 14.9. The standard InChI is InChI=1S/C17H27N3O3S/c1-3-20-12-4-10-17(2,13-20)16(21)19-11-9-14-5-7-15(8-6-14)24(18,22)23/h5-8H,3-4,9-13H2,1-2H3,(H,19,21)(H2,18,22,23). The topological polar surface area (TPSA) is 92.5 Å². The molecule has 1 amide bonds. The molecule has 1 fully saturated rings. The maximum absolute atomic E-state index is 12.5. The van der Waals surface area contributed by atoms with E-state index >= 15 is 0 Å². The third-order valence-corrected chi connectivity index (χ3v) is 5.65. The molecule has 2 rings (SSSR count). The summed E-state index contributed by atoms with van der Waals surface area (Å²) < 4.78 is 22.5. The number of rotatable bonds is 6. The van der Waals surface area contributed by atoms with Gasteiger partial charge in [0.15, 0.2) is 0 Å². The van der Waals surface area contributed by atoms with Crippen molar-refractivity contribution >= 4 is 15.9 Å². The third-order valence-electron chi connectivity index (χ3n) is 4.72. The van der Waals surface area contributed by atoms with Gasteiger partial charge in [-0.15, -0.1) is 0 Å². The molecule has 1 atom stereocenters. The Morgan fingerprint density at radius 1 is 1.33 bits per heavy atom. The zero-order valence-corrected chi connectivity index (χ0v) is 15.2. The van der Waals surface area contributed by atoms with E-state index in [0.29, 0.717) is 13.0 Å². The highest BCUT2D eigenvalue weighted by Gasteiger charge is 2.36. The molecule has 1 aliphatic rings. The van der Waals surface area contributed by atoms with Crippen molar-refractivity contribution in [2.24, 2.45) is 10.6 Å². The second kappa shape index (κ2) is 7.63. The van der Waals surface area contributed by atoms with Crippen LogP contribution in [0.4, 0.5) is 0 Å². The number of amides is 1. The Morgan fingerprint density at radius 3 is 2.58 bits per heavy atom. The summed E-state index contributed by atoms with van der Waals surface area (Å²) in [7, 11) is -3.66. The molecule has 0 spiro atoms. The molecule has 1 aromatic rings. The van der Waals surface area contributed by atoms with E-state index in [4.69, 9.17) is 5.14 Å². The van der Waals surface area contributed by atoms with Gasteiger partial charge in [0.2, 0.25) is 15.9 Å². The molecule has 1 aromatic carbocycles. The Kier molecular flexibility index (Phi) is 6.01. The molecule has 1 saturated heterocycles. The van der Waals surface area contributed by atoms with E-state index in [2.05, 4.69) is 17.1 Å². The number of hydrogen-bond donors (Lipinski definition) is 2. The van der Waals surface area contributed by atoms with Gasteiger partial charge in [0.1, 0.15) is 0 Å². The molecule has 3 N–H and O–H groups in total. The van der Waals surface area contributed by atoms with E-state index in [1.807, 2.05) is 6.92 Å². The largest absolute Gasteiger partial charge is 0.355 e. The van der Waals surface area contributed by atoms with Crippen molar-refractivity contribution in [2.45, 2.75) is 38.0 Å². The molecule has 7 heteroatoms. The summed E-state index contributed by atoms with van der Waals surface area (Å²) in [6.07, 6.45) is 2.62. The van der Waals surface area contributed by atoms with E-state index in [1.165, 1.54) is 12.1 Å². The molecule has 1 aliphatic heterocycles. The van der Waals surface area contributed by atoms with Crippen LogP contribution in [0.5, 0.6) is 0 Å². The predicted octanol–water partition coefficient (Wildman–Crippen LogP) is 1.11. The summed E-state index contributed by atoms with van der Waals surface area (Å²) in [6, 6.07) is 6.45. The van der Waals surface area contributed by atoms with Crippen LogP contribution in [0.3, 0.4) is 0 Å². The first-order chi connectivity index (χ1) is 11.2. The molecular weight excluding hydrogens is 326 g/mol. The Balaban J connectivity index is 1.86. The minimum absolute atomic E-state index is 0.0989. The van der Waals surface area contributed by atoms with Gasteiger partial charge in [0.25, 0.3) is 0 Å². The lowest BCUT2D eigenvalue weighted by Crippen LogP contribution is -2.50. The Labute approximate surface area is 144 Å². The first kappa shape index (κ1) is 18.9. The highest BCUT2D eigenvalue weighted by molar-refractivity contribution is 7.89. The fourth-order valence-electron chi connectivity index (χ4n) is 3.18. The monoisotopic (exact) mass is 353 g/mol. The van der Waals surface area contributed by atoms with E-state index < -0.39 is 10.0 Å². The molecule has 0 radical (unpaired) electrons. The van der Waals surface area contributed by atoms with Gasteiger partial charge >= 0.3 is 0 Å². The first-order valence-electron chi connectivity index (χ1n) is 8.37. The number of hydrogen-bond acceptors (Lipinski definition) is 4. The number of nitrogens with two attached hydrogens (primary N) is 1. The molecule has 0 bridgehead atoms. The van der Waals surface area contributed by atoms with Crippen molar-refractivity contribution in [3.63, 3.8) is 0 Å². The Hall–Kier alpha value is -1.44. The van der Waals surface area contributed by atoms with Crippen molar-refractivity contribution in [3.8, 4) is 0 Å². The van der Waals surface area contributed by atoms with Crippen molar-refractivity contribution < 1.29 is 13.2 Å². The van der Waals surface area contributed by atoms with Crippen LogP contribution in [0.2, 0.25) is 0 Å². The molecule has 24 heavy (non-hydrogen) atoms. The Bertz CT molecular complexity index is 673. The summed E-state index contributed by atoms with van der Waals surface area (Å²) in [5.74, 6) is 0.0989. The van der Waals surface area contributed by atoms with E-state index in [1.54, 1.807) is 12.1 Å². The molecule has 0 aliphatic carbocycles. The number of carbonyl (C=O) groups is 1. The summed E-state index contributed by atoms with van der Waals surface area (Å²) in [6.45, 7) is 7.53. The molecular formula is C17H27N3O3S. The van der Waals surface area contributed by atoms with Crippen molar-refractivity contribution in [1.29, 1.82) is 0 Å². The highest BCUT2D eigenvalue weighted by Crippen LogP contribution is 2.29. The number of piperidine rings is 1. The lowest BCUT2D eigenvalue weighted by Gasteiger charge is -2.38. The quantitative estimate of drug-likeness (QED) is 0.801. The van der Waals surface area contributed by atoms with Crippen LogP contribution in [0.25, 0.3) is 0 Å². The maximum Gasteiger partial charge on any atom is 0.238 e. The number of sulfonamides is 1. The minimum Gasteiger partial charge on any atom is -0.355 e. The average molecular weight is 353 g/mol. The molecule has 1 heterocycles. The molecule has 1 unspecified atom stereocenters. The highest BCUT2D eigenvalue weighted by atomic mass is 32.2. The molecule has 134 valence electrons. The van der Waals surface area contributed by atoms with E-state index in [-0.39, 0.29) is 16.2 Å². The van der Waals surface area contributed by atoms with Gasteiger partial charge in [-0.1, -0.05) is 19.1 Å². The number of carbonyl (C=O) groups excluding carboxylic acids is 1. The van der Waals surface area contributed by atoms with Crippen LogP contribution < -0.4 is 10.5 Å². The zero-order valence-electron chi connectivity index (χ0n) is 14.4. The summed E-state index contributed by atoms with van der Waals surface area (Å²) in [5.41, 5.74) is 0.637.